The van der Waals surface area contributed by atoms with Crippen LogP contribution in [0.2, 0.25) is 5.02 Å². The van der Waals surface area contributed by atoms with Gasteiger partial charge < -0.3 is 36.5 Å². The van der Waals surface area contributed by atoms with Crippen LogP contribution in [-0.4, -0.2) is 83.9 Å². The Morgan fingerprint density at radius 1 is 0.655 bits per heavy atom. The first-order chi connectivity index (χ1) is 28.3. The number of hydrogen-bond donors (Lipinski definition) is 5. The first kappa shape index (κ1) is 41.9. The van der Waals surface area contributed by atoms with E-state index in [0.29, 0.717) is 29.1 Å². The molecule has 0 radical (unpaired) electrons. The molecule has 3 heterocycles. The van der Waals surface area contributed by atoms with Gasteiger partial charge in [-0.05, 0) is 125 Å². The number of H-pyrrole nitrogens is 1. The van der Waals surface area contributed by atoms with Gasteiger partial charge >= 0.3 is 0 Å². The van der Waals surface area contributed by atoms with Gasteiger partial charge in [0.05, 0.1) is 0 Å². The highest BCUT2D eigenvalue weighted by molar-refractivity contribution is 6.31. The lowest BCUT2D eigenvalue weighted by Gasteiger charge is -2.36. The van der Waals surface area contributed by atoms with Gasteiger partial charge in [0, 0.05) is 41.1 Å². The van der Waals surface area contributed by atoms with Gasteiger partial charge in [-0.15, -0.1) is 0 Å². The highest BCUT2D eigenvalue weighted by Crippen LogP contribution is 2.29. The molecule has 58 heavy (non-hydrogen) atoms. The van der Waals surface area contributed by atoms with E-state index in [1.54, 1.807) is 12.1 Å². The highest BCUT2D eigenvalue weighted by Gasteiger charge is 2.30. The van der Waals surface area contributed by atoms with Gasteiger partial charge in [0.2, 0.25) is 11.8 Å². The van der Waals surface area contributed by atoms with Crippen LogP contribution in [0.1, 0.15) is 111 Å². The third kappa shape index (κ3) is 11.3. The molecule has 0 bridgehead atoms. The molecule has 2 aliphatic heterocycles. The minimum absolute atomic E-state index is 0.0607. The molecule has 2 saturated carbocycles. The number of hydrogen-bond acceptors (Lipinski definition) is 6. The van der Waals surface area contributed by atoms with Crippen molar-refractivity contribution < 1.29 is 14.4 Å². The minimum Gasteiger partial charge on any atom is -0.354 e. The number of amides is 3. The maximum absolute atomic E-state index is 13.3. The van der Waals surface area contributed by atoms with Crippen LogP contribution in [0.15, 0.2) is 84.9 Å². The number of benzene rings is 3. The quantitative estimate of drug-likeness (QED) is 0.101. The zero-order valence-electron chi connectivity index (χ0n) is 33.8. The Morgan fingerprint density at radius 3 is 1.69 bits per heavy atom. The number of halogens is 1. The van der Waals surface area contributed by atoms with Crippen LogP contribution in [0, 0.1) is 11.8 Å². The normalized spacial score (nSPS) is 20.0. The Morgan fingerprint density at radius 2 is 1.16 bits per heavy atom. The lowest BCUT2D eigenvalue weighted by atomic mass is 9.95. The van der Waals surface area contributed by atoms with Crippen LogP contribution in [0.4, 0.5) is 0 Å². The molecule has 6 N–H and O–H groups in total. The van der Waals surface area contributed by atoms with E-state index in [2.05, 4.69) is 30.7 Å². The number of carbonyl (C=O) groups is 3. The van der Waals surface area contributed by atoms with Crippen molar-refractivity contribution >= 4 is 40.2 Å². The molecular formula is C47H62ClN7O3. The van der Waals surface area contributed by atoms with Crippen molar-refractivity contribution in [2.75, 3.05) is 39.3 Å². The molecule has 2 saturated heterocycles. The smallest absolute Gasteiger partial charge is 0.268 e. The first-order valence-corrected chi connectivity index (χ1v) is 22.2. The van der Waals surface area contributed by atoms with Crippen LogP contribution in [0.5, 0.6) is 0 Å². The molecule has 0 unspecified atom stereocenters. The fraction of sp³-hybridized carbons (Fsp3) is 0.511. The van der Waals surface area contributed by atoms with Crippen LogP contribution < -0.4 is 21.7 Å². The van der Waals surface area contributed by atoms with Crippen LogP contribution in [0.25, 0.3) is 10.9 Å². The summed E-state index contributed by atoms with van der Waals surface area (Å²) < 4.78 is 0. The number of fused-ring (bicyclic) bond motifs is 1. The summed E-state index contributed by atoms with van der Waals surface area (Å²) in [5.41, 5.74) is 8.89. The molecule has 3 amide bonds. The van der Waals surface area contributed by atoms with Gasteiger partial charge in [0.15, 0.2) is 0 Å². The van der Waals surface area contributed by atoms with E-state index < -0.39 is 12.1 Å². The van der Waals surface area contributed by atoms with Crippen molar-refractivity contribution in [2.45, 2.75) is 101 Å². The van der Waals surface area contributed by atoms with Crippen molar-refractivity contribution in [1.82, 2.24) is 30.7 Å². The number of rotatable bonds is 12. The molecule has 4 fully saturated rings. The van der Waals surface area contributed by atoms with E-state index in [9.17, 15) is 14.4 Å². The Bertz CT molecular complexity index is 1910. The molecule has 4 aliphatic rings. The Kier molecular flexibility index (Phi) is 14.9. The summed E-state index contributed by atoms with van der Waals surface area (Å²) in [5.74, 6) is 0.504. The molecule has 1 aromatic heterocycles. The summed E-state index contributed by atoms with van der Waals surface area (Å²) in [7, 11) is 0. The van der Waals surface area contributed by atoms with E-state index >= 15 is 0 Å². The minimum atomic E-state index is -0.766. The van der Waals surface area contributed by atoms with Gasteiger partial charge in [0.25, 0.3) is 5.91 Å². The summed E-state index contributed by atoms with van der Waals surface area (Å²) >= 11 is 6.08. The molecule has 8 rings (SSSR count). The molecule has 0 spiro atoms. The summed E-state index contributed by atoms with van der Waals surface area (Å²) in [6, 6.07) is 26.4. The van der Waals surface area contributed by atoms with Crippen molar-refractivity contribution in [3.63, 3.8) is 0 Å². The first-order valence-electron chi connectivity index (χ1n) is 21.8. The standard InChI is InChI=1S/C28H33ClN4O2.C19H29N3O/c29-22-10-11-24-21(16-22)17-25(31-24)27(34)32-26(20-6-2-1-3-7-20)28(35)30-18-19-12-14-33(15-13-19)23-8-4-5-9-23;20-18(16-6-2-1-3-7-16)19(23)21-14-15-10-12-22(13-11-15)17-8-4-5-9-17/h1-3,6-7,10-11,16-17,19,23,26,31H,4-5,8-9,12-15,18H2,(H,30,35)(H,32,34);1-3,6-7,15,17-18H,4-5,8-14,20H2,(H,21,23)/t26-;18-/m11/s1. The van der Waals surface area contributed by atoms with E-state index in [-0.39, 0.29) is 17.7 Å². The van der Waals surface area contributed by atoms with E-state index in [1.165, 1.54) is 77.3 Å². The largest absolute Gasteiger partial charge is 0.354 e. The SMILES string of the molecule is N[C@@H](C(=O)NCC1CCN(C2CCCC2)CC1)c1ccccc1.O=C(N[C@@H](C(=O)NCC1CCN(C2CCCC2)CC1)c1ccccc1)c1cc2cc(Cl)ccc2[nH]1. The monoisotopic (exact) mass is 807 g/mol. The Labute approximate surface area is 349 Å². The summed E-state index contributed by atoms with van der Waals surface area (Å²) in [5, 5.41) is 10.6. The van der Waals surface area contributed by atoms with E-state index in [4.69, 9.17) is 17.3 Å². The number of nitrogens with one attached hydrogen (secondary N) is 4. The van der Waals surface area contributed by atoms with Crippen molar-refractivity contribution in [2.24, 2.45) is 17.6 Å². The fourth-order valence-electron chi connectivity index (χ4n) is 9.48. The number of likely N-dealkylation sites (tertiary alicyclic amines) is 2. The number of aromatic nitrogens is 1. The summed E-state index contributed by atoms with van der Waals surface area (Å²) in [6.45, 7) is 6.02. The molecule has 310 valence electrons. The average molecular weight is 809 g/mol. The van der Waals surface area contributed by atoms with Crippen molar-refractivity contribution in [1.29, 1.82) is 0 Å². The van der Waals surface area contributed by atoms with Gasteiger partial charge in [-0.2, -0.15) is 0 Å². The molecule has 10 nitrogen and oxygen atoms in total. The van der Waals surface area contributed by atoms with E-state index in [1.807, 2.05) is 72.8 Å². The number of aromatic amines is 1. The zero-order valence-corrected chi connectivity index (χ0v) is 34.6. The van der Waals surface area contributed by atoms with E-state index in [0.717, 1.165) is 66.6 Å². The van der Waals surface area contributed by atoms with Gasteiger partial charge in [-0.25, -0.2) is 0 Å². The summed E-state index contributed by atoms with van der Waals surface area (Å²) in [4.78, 5) is 47.0. The Balaban J connectivity index is 0.000000193. The third-order valence-electron chi connectivity index (χ3n) is 13.0. The second kappa shape index (κ2) is 20.7. The topological polar surface area (TPSA) is 136 Å². The number of nitrogens with zero attached hydrogens (tertiary/aromatic N) is 2. The summed E-state index contributed by atoms with van der Waals surface area (Å²) in [6.07, 6.45) is 15.6. The number of piperidine rings is 2. The maximum Gasteiger partial charge on any atom is 0.268 e. The zero-order chi connectivity index (χ0) is 40.3. The molecular weight excluding hydrogens is 746 g/mol. The molecule has 11 heteroatoms. The fourth-order valence-corrected chi connectivity index (χ4v) is 9.66. The molecule has 4 aromatic rings. The molecule has 2 atom stereocenters. The second-order valence-corrected chi connectivity index (χ2v) is 17.4. The lowest BCUT2D eigenvalue weighted by Crippen LogP contribution is -2.45. The predicted molar refractivity (Wildman–Crippen MR) is 232 cm³/mol. The Hall–Kier alpha value is -4.22. The molecule has 3 aromatic carbocycles. The van der Waals surface area contributed by atoms with Crippen molar-refractivity contribution in [3.8, 4) is 0 Å². The van der Waals surface area contributed by atoms with Crippen LogP contribution >= 0.6 is 11.6 Å². The van der Waals surface area contributed by atoms with Gasteiger partial charge in [-0.1, -0.05) is 97.9 Å². The second-order valence-electron chi connectivity index (χ2n) is 16.9. The maximum atomic E-state index is 13.3. The number of nitrogens with two attached hydrogens (primary N) is 1. The number of carbonyl (C=O) groups excluding carboxylic acids is 3. The molecule has 2 aliphatic carbocycles. The van der Waals surface area contributed by atoms with Gasteiger partial charge in [0.1, 0.15) is 17.8 Å². The average Bonchev–Trinajstić information content (AvgIpc) is 4.09. The highest BCUT2D eigenvalue weighted by atomic mass is 35.5. The predicted octanol–water partition coefficient (Wildman–Crippen LogP) is 7.52. The van der Waals surface area contributed by atoms with Crippen LogP contribution in [0.3, 0.4) is 0 Å². The van der Waals surface area contributed by atoms with Gasteiger partial charge in [-0.3, -0.25) is 14.4 Å². The van der Waals surface area contributed by atoms with Crippen molar-refractivity contribution in [3.05, 3.63) is 107 Å². The lowest BCUT2D eigenvalue weighted by molar-refractivity contribution is -0.123. The third-order valence-corrected chi connectivity index (χ3v) is 13.3. The van der Waals surface area contributed by atoms with Crippen LogP contribution in [-0.2, 0) is 9.59 Å².